The van der Waals surface area contributed by atoms with Crippen molar-refractivity contribution in [3.63, 3.8) is 0 Å². The van der Waals surface area contributed by atoms with E-state index in [-0.39, 0.29) is 11.3 Å². The number of anilines is 1. The smallest absolute Gasteiger partial charge is 0.306 e. The fourth-order valence-electron chi connectivity index (χ4n) is 1.86. The molecule has 1 fully saturated rings. The van der Waals surface area contributed by atoms with Crippen molar-refractivity contribution in [1.82, 2.24) is 4.90 Å². The number of carbonyl (C=O) groups excluding carboxylic acids is 2. The third-order valence-corrected chi connectivity index (χ3v) is 2.64. The van der Waals surface area contributed by atoms with Crippen LogP contribution in [-0.2, 0) is 4.79 Å². The number of benzene rings is 1. The second kappa shape index (κ2) is 4.85. The number of imide groups is 1. The monoisotopic (exact) mass is 283 g/mol. The van der Waals surface area contributed by atoms with E-state index >= 15 is 0 Å². The maximum absolute atomic E-state index is 12.3. The molecular formula is C12H8F3N3O2. The van der Waals surface area contributed by atoms with Gasteiger partial charge in [0.25, 0.3) is 5.91 Å². The van der Waals surface area contributed by atoms with Gasteiger partial charge in [0.05, 0.1) is 17.3 Å². The van der Waals surface area contributed by atoms with Crippen molar-refractivity contribution in [2.45, 2.75) is 6.18 Å². The zero-order chi connectivity index (χ0) is 14.9. The van der Waals surface area contributed by atoms with Crippen LogP contribution in [0.3, 0.4) is 0 Å². The first-order valence-electron chi connectivity index (χ1n) is 5.50. The summed E-state index contributed by atoms with van der Waals surface area (Å²) in [5.74, 6) is -0.755. The molecular weight excluding hydrogens is 275 g/mol. The molecule has 0 saturated carbocycles. The summed E-state index contributed by atoms with van der Waals surface area (Å²) in [5.41, 5.74) is 0.293. The quantitative estimate of drug-likeness (QED) is 0.778. The van der Waals surface area contributed by atoms with Crippen molar-refractivity contribution in [1.29, 1.82) is 5.26 Å². The van der Waals surface area contributed by atoms with Crippen LogP contribution in [0.5, 0.6) is 0 Å². The number of hydrogen-bond acceptors (Lipinski definition) is 3. The van der Waals surface area contributed by atoms with Gasteiger partial charge in [-0.25, -0.2) is 9.69 Å². The highest BCUT2D eigenvalue weighted by Gasteiger charge is 2.42. The Balaban J connectivity index is 2.27. The topological polar surface area (TPSA) is 64.4 Å². The second-order valence-electron chi connectivity index (χ2n) is 4.15. The lowest BCUT2D eigenvalue weighted by atomic mass is 10.2. The van der Waals surface area contributed by atoms with Gasteiger partial charge >= 0.3 is 12.2 Å². The first kappa shape index (κ1) is 13.9. The number of halogens is 3. The fraction of sp³-hybridized carbons (Fsp3) is 0.250. The zero-order valence-corrected chi connectivity index (χ0v) is 10.0. The number of hydrogen-bond donors (Lipinski definition) is 0. The summed E-state index contributed by atoms with van der Waals surface area (Å²) >= 11 is 0. The molecule has 3 amide bonds. The van der Waals surface area contributed by atoms with Crippen molar-refractivity contribution in [3.8, 4) is 6.07 Å². The number of amides is 3. The Morgan fingerprint density at radius 3 is 2.60 bits per heavy atom. The number of alkyl halides is 3. The van der Waals surface area contributed by atoms with E-state index in [4.69, 9.17) is 5.26 Å². The molecule has 20 heavy (non-hydrogen) atoms. The fourth-order valence-corrected chi connectivity index (χ4v) is 1.86. The van der Waals surface area contributed by atoms with Crippen LogP contribution in [0.15, 0.2) is 24.3 Å². The first-order valence-corrected chi connectivity index (χ1v) is 5.50. The minimum atomic E-state index is -4.57. The Hall–Kier alpha value is -2.56. The molecule has 1 heterocycles. The second-order valence-corrected chi connectivity index (χ2v) is 4.15. The number of rotatable bonds is 2. The van der Waals surface area contributed by atoms with E-state index in [1.807, 2.05) is 6.07 Å². The van der Waals surface area contributed by atoms with Gasteiger partial charge in [0.1, 0.15) is 13.1 Å². The Labute approximate surface area is 111 Å². The van der Waals surface area contributed by atoms with Crippen molar-refractivity contribution in [2.24, 2.45) is 0 Å². The normalized spacial score (nSPS) is 15.7. The van der Waals surface area contributed by atoms with Crippen LogP contribution in [0.1, 0.15) is 5.56 Å². The molecule has 0 spiro atoms. The predicted molar refractivity (Wildman–Crippen MR) is 61.7 cm³/mol. The average Bonchev–Trinajstić information content (AvgIpc) is 2.62. The summed E-state index contributed by atoms with van der Waals surface area (Å²) in [6, 6.07) is 6.35. The molecule has 0 aliphatic carbocycles. The molecule has 1 saturated heterocycles. The Morgan fingerprint density at radius 2 is 2.00 bits per heavy atom. The first-order chi connectivity index (χ1) is 9.31. The summed E-state index contributed by atoms with van der Waals surface area (Å²) in [6.45, 7) is -2.11. The molecule has 1 aliphatic rings. The maximum Gasteiger partial charge on any atom is 0.406 e. The molecule has 2 rings (SSSR count). The average molecular weight is 283 g/mol. The maximum atomic E-state index is 12.3. The molecule has 1 aromatic carbocycles. The van der Waals surface area contributed by atoms with E-state index in [9.17, 15) is 22.8 Å². The number of carbonyl (C=O) groups is 2. The molecule has 0 unspecified atom stereocenters. The molecule has 0 N–H and O–H groups in total. The van der Waals surface area contributed by atoms with Gasteiger partial charge in [-0.1, -0.05) is 6.07 Å². The van der Waals surface area contributed by atoms with Gasteiger partial charge in [-0.2, -0.15) is 18.4 Å². The lowest BCUT2D eigenvalue weighted by Crippen LogP contribution is -2.38. The van der Waals surface area contributed by atoms with Crippen LogP contribution < -0.4 is 4.90 Å². The van der Waals surface area contributed by atoms with E-state index in [0.29, 0.717) is 9.80 Å². The molecule has 104 valence electrons. The van der Waals surface area contributed by atoms with E-state index in [2.05, 4.69) is 0 Å². The third-order valence-electron chi connectivity index (χ3n) is 2.64. The number of nitriles is 1. The highest BCUT2D eigenvalue weighted by atomic mass is 19.4. The molecule has 8 heteroatoms. The Morgan fingerprint density at radius 1 is 1.30 bits per heavy atom. The molecule has 0 aromatic heterocycles. The highest BCUT2D eigenvalue weighted by Crippen LogP contribution is 2.25. The zero-order valence-electron chi connectivity index (χ0n) is 10.0. The van der Waals surface area contributed by atoms with Gasteiger partial charge in [0.15, 0.2) is 0 Å². The summed E-state index contributed by atoms with van der Waals surface area (Å²) in [4.78, 5) is 24.6. The Bertz CT molecular complexity index is 607. The van der Waals surface area contributed by atoms with E-state index in [1.54, 1.807) is 0 Å². The highest BCUT2D eigenvalue weighted by molar-refractivity contribution is 6.19. The third kappa shape index (κ3) is 2.71. The largest absolute Gasteiger partial charge is 0.406 e. The lowest BCUT2D eigenvalue weighted by Gasteiger charge is -2.18. The SMILES string of the molecule is N#Cc1cccc(N2C(=O)CN(CC(F)(F)F)C2=O)c1. The van der Waals surface area contributed by atoms with Gasteiger partial charge in [0, 0.05) is 0 Å². The van der Waals surface area contributed by atoms with Crippen molar-refractivity contribution in [2.75, 3.05) is 18.0 Å². The van der Waals surface area contributed by atoms with Gasteiger partial charge in [0.2, 0.25) is 0 Å². The summed E-state index contributed by atoms with van der Waals surface area (Å²) in [5, 5.41) is 8.74. The van der Waals surface area contributed by atoms with E-state index < -0.39 is 31.2 Å². The number of urea groups is 1. The minimum Gasteiger partial charge on any atom is -0.306 e. The molecule has 5 nitrogen and oxygen atoms in total. The molecule has 1 aliphatic heterocycles. The van der Waals surface area contributed by atoms with Crippen LogP contribution in [-0.4, -0.2) is 36.1 Å². The van der Waals surface area contributed by atoms with E-state index in [0.717, 1.165) is 0 Å². The Kier molecular flexibility index (Phi) is 3.36. The van der Waals surface area contributed by atoms with Crippen LogP contribution in [0.2, 0.25) is 0 Å². The van der Waals surface area contributed by atoms with Crippen molar-refractivity contribution < 1.29 is 22.8 Å². The molecule has 1 aromatic rings. The molecule has 0 atom stereocenters. The van der Waals surface area contributed by atoms with Gasteiger partial charge in [-0.05, 0) is 18.2 Å². The summed E-state index contributed by atoms with van der Waals surface area (Å²) in [6.07, 6.45) is -4.57. The van der Waals surface area contributed by atoms with Gasteiger partial charge in [-0.15, -0.1) is 0 Å². The van der Waals surface area contributed by atoms with Crippen LogP contribution in [0.4, 0.5) is 23.7 Å². The summed E-state index contributed by atoms with van der Waals surface area (Å²) < 4.78 is 36.9. The van der Waals surface area contributed by atoms with Crippen molar-refractivity contribution >= 4 is 17.6 Å². The van der Waals surface area contributed by atoms with Crippen molar-refractivity contribution in [3.05, 3.63) is 29.8 Å². The molecule has 0 radical (unpaired) electrons. The van der Waals surface area contributed by atoms with Gasteiger partial charge in [-0.3, -0.25) is 4.79 Å². The van der Waals surface area contributed by atoms with Crippen LogP contribution in [0.25, 0.3) is 0 Å². The predicted octanol–water partition coefficient (Wildman–Crippen LogP) is 1.89. The minimum absolute atomic E-state index is 0.0868. The summed E-state index contributed by atoms with van der Waals surface area (Å²) in [7, 11) is 0. The standard InChI is InChI=1S/C12H8F3N3O2/c13-12(14,15)7-17-6-10(19)18(11(17)20)9-3-1-2-8(4-9)5-16/h1-4H,6-7H2. The molecule has 0 bridgehead atoms. The van der Waals surface area contributed by atoms with Gasteiger partial charge < -0.3 is 4.90 Å². The van der Waals surface area contributed by atoms with E-state index in [1.165, 1.54) is 24.3 Å². The van der Waals surface area contributed by atoms with Crippen LogP contribution in [0, 0.1) is 11.3 Å². The number of nitrogens with zero attached hydrogens (tertiary/aromatic N) is 3. The van der Waals surface area contributed by atoms with Crippen LogP contribution >= 0.6 is 0 Å². The lowest BCUT2D eigenvalue weighted by molar-refractivity contribution is -0.139.